The molecule has 1 aliphatic heterocycles. The minimum Gasteiger partial charge on any atom is -0.463 e. The summed E-state index contributed by atoms with van der Waals surface area (Å²) in [6.45, 7) is 1.54. The van der Waals surface area contributed by atoms with E-state index in [-0.39, 0.29) is 5.75 Å². The summed E-state index contributed by atoms with van der Waals surface area (Å²) in [6.07, 6.45) is -0.582. The predicted octanol–water partition coefficient (Wildman–Crippen LogP) is 1.68. The zero-order chi connectivity index (χ0) is 29.2. The maximum atomic E-state index is 13.9. The number of rotatable bonds is 10. The van der Waals surface area contributed by atoms with Gasteiger partial charge in [0.2, 0.25) is 0 Å². The number of benzene rings is 1. The standard InChI is InChI=1S/C23H27ClN3O9P/c1-5-23(24)18(28)17(35-20(23)27-13-25-21(30)26-22(27)31)11-33-37(32,36-16-9-7-6-8-10-16)12-15(4)19(29)34-14(2)3/h1,6-10,13-15,17-18,20,28H,11-12H2,2-4H3,(H,26,30,31)/t15-,17-,18+,20-,23?,37+/m1/s1/i11D2. The highest BCUT2D eigenvalue weighted by Crippen LogP contribution is 2.51. The van der Waals surface area contributed by atoms with Gasteiger partial charge >= 0.3 is 24.9 Å². The molecule has 12 nitrogen and oxygen atoms in total. The van der Waals surface area contributed by atoms with Crippen molar-refractivity contribution in [3.8, 4) is 18.1 Å². The van der Waals surface area contributed by atoms with Crippen LogP contribution in [0.5, 0.6) is 5.75 Å². The molecule has 14 heteroatoms. The molecule has 200 valence electrons. The number of aromatic nitrogens is 3. The van der Waals surface area contributed by atoms with Crippen molar-refractivity contribution in [2.45, 2.75) is 50.2 Å². The molecule has 6 atom stereocenters. The number of aromatic amines is 1. The highest BCUT2D eigenvalue weighted by Gasteiger charge is 2.56. The number of aliphatic hydroxyl groups is 1. The van der Waals surface area contributed by atoms with Crippen LogP contribution in [0.25, 0.3) is 0 Å². The van der Waals surface area contributed by atoms with E-state index in [0.717, 1.165) is 6.33 Å². The van der Waals surface area contributed by atoms with E-state index in [0.29, 0.717) is 4.57 Å². The molecule has 0 aliphatic carbocycles. The number of carbonyl (C=O) groups excluding carboxylic acids is 1. The summed E-state index contributed by atoms with van der Waals surface area (Å²) in [5, 5.41) is 10.9. The molecule has 2 heterocycles. The van der Waals surface area contributed by atoms with Crippen LogP contribution in [0.15, 0.2) is 46.2 Å². The van der Waals surface area contributed by atoms with Gasteiger partial charge in [-0.3, -0.25) is 18.9 Å². The molecule has 0 spiro atoms. The number of hydrogen-bond donors (Lipinski definition) is 2. The van der Waals surface area contributed by atoms with Gasteiger partial charge in [-0.25, -0.2) is 14.2 Å². The van der Waals surface area contributed by atoms with Crippen LogP contribution in [0.1, 0.15) is 29.7 Å². The second-order valence-electron chi connectivity index (χ2n) is 8.45. The maximum Gasteiger partial charge on any atom is 0.380 e. The Morgan fingerprint density at radius 1 is 1.41 bits per heavy atom. The van der Waals surface area contributed by atoms with E-state index < -0.39 is 73.0 Å². The molecule has 2 aromatic rings. The topological polar surface area (TPSA) is 159 Å². The summed E-state index contributed by atoms with van der Waals surface area (Å²) in [6, 6.07) is 7.69. The fourth-order valence-electron chi connectivity index (χ4n) is 3.34. The SMILES string of the molecule is [2H]C([2H])(O[P@@](=O)(C[C@@H](C)C(=O)OC(C)C)Oc1ccccc1)[C@H]1O[C@@H](n2cnc(=O)[nH]c2=O)C(Cl)(C#C)[C@H]1O. The Morgan fingerprint density at radius 2 is 2.08 bits per heavy atom. The average Bonchev–Trinajstić information content (AvgIpc) is 3.10. The Labute approximate surface area is 220 Å². The molecule has 1 aliphatic rings. The number of aliphatic hydroxyl groups excluding tert-OH is 1. The third-order valence-electron chi connectivity index (χ3n) is 5.12. The van der Waals surface area contributed by atoms with Crippen LogP contribution in [0.4, 0.5) is 0 Å². The Kier molecular flexibility index (Phi) is 8.08. The van der Waals surface area contributed by atoms with E-state index >= 15 is 0 Å². The lowest BCUT2D eigenvalue weighted by atomic mass is 10.00. The molecule has 1 aromatic heterocycles. The lowest BCUT2D eigenvalue weighted by molar-refractivity contribution is -0.151. The van der Waals surface area contributed by atoms with Crippen molar-refractivity contribution in [2.75, 3.05) is 12.7 Å². The van der Waals surface area contributed by atoms with Crippen LogP contribution in [0.3, 0.4) is 0 Å². The highest BCUT2D eigenvalue weighted by atomic mass is 35.5. The van der Waals surface area contributed by atoms with E-state index in [1.165, 1.54) is 19.1 Å². The average molecular weight is 558 g/mol. The molecule has 0 amide bonds. The molecule has 0 bridgehead atoms. The van der Waals surface area contributed by atoms with Gasteiger partial charge in [-0.15, -0.1) is 6.42 Å². The minimum absolute atomic E-state index is 0.0491. The number of hydrogen-bond acceptors (Lipinski definition) is 10. The van der Waals surface area contributed by atoms with Gasteiger partial charge in [-0.2, -0.15) is 4.98 Å². The molecule has 1 unspecified atom stereocenters. The second kappa shape index (κ2) is 11.6. The molecule has 3 rings (SSSR count). The minimum atomic E-state index is -4.54. The van der Waals surface area contributed by atoms with Gasteiger partial charge in [0.25, 0.3) is 0 Å². The van der Waals surface area contributed by atoms with Gasteiger partial charge in [0.15, 0.2) is 11.1 Å². The first kappa shape index (κ1) is 25.7. The summed E-state index contributed by atoms with van der Waals surface area (Å²) < 4.78 is 53.3. The van der Waals surface area contributed by atoms with Gasteiger partial charge < -0.3 is 19.1 Å². The van der Waals surface area contributed by atoms with Gasteiger partial charge in [-0.1, -0.05) is 42.6 Å². The molecule has 1 saturated heterocycles. The molecule has 2 N–H and O–H groups in total. The first-order chi connectivity index (χ1) is 18.1. The van der Waals surface area contributed by atoms with Crippen LogP contribution >= 0.6 is 19.2 Å². The molecular weight excluding hydrogens is 529 g/mol. The summed E-state index contributed by atoms with van der Waals surface area (Å²) in [5.41, 5.74) is -2.03. The van der Waals surface area contributed by atoms with Crippen molar-refractivity contribution >= 4 is 25.2 Å². The fourth-order valence-corrected chi connectivity index (χ4v) is 5.33. The van der Waals surface area contributed by atoms with Crippen LogP contribution in [-0.2, 0) is 23.4 Å². The lowest BCUT2D eigenvalue weighted by Crippen LogP contribution is -2.44. The number of carbonyl (C=O) groups is 1. The van der Waals surface area contributed by atoms with Gasteiger partial charge in [0.1, 0.15) is 24.3 Å². The largest absolute Gasteiger partial charge is 0.463 e. The maximum absolute atomic E-state index is 13.9. The van der Waals surface area contributed by atoms with Crippen LogP contribution in [0.2, 0.25) is 0 Å². The highest BCUT2D eigenvalue weighted by molar-refractivity contribution is 7.54. The third-order valence-corrected chi connectivity index (χ3v) is 7.51. The number of esters is 1. The van der Waals surface area contributed by atoms with Crippen molar-refractivity contribution in [3.05, 3.63) is 57.6 Å². The molecule has 0 radical (unpaired) electrons. The summed E-state index contributed by atoms with van der Waals surface area (Å²) in [5.74, 6) is 0.353. The summed E-state index contributed by atoms with van der Waals surface area (Å²) in [7, 11) is -4.54. The fraction of sp³-hybridized carbons (Fsp3) is 0.478. The number of nitrogens with zero attached hydrogens (tertiary/aromatic N) is 2. The van der Waals surface area contributed by atoms with Crippen LogP contribution < -0.4 is 15.9 Å². The number of alkyl halides is 1. The Balaban J connectivity index is 1.96. The third kappa shape index (κ3) is 6.69. The zero-order valence-corrected chi connectivity index (χ0v) is 21.7. The molecule has 37 heavy (non-hydrogen) atoms. The second-order valence-corrected chi connectivity index (χ2v) is 11.0. The lowest BCUT2D eigenvalue weighted by Gasteiger charge is -2.25. The van der Waals surface area contributed by atoms with Crippen LogP contribution in [0, 0.1) is 18.3 Å². The van der Waals surface area contributed by atoms with Gasteiger partial charge in [-0.05, 0) is 26.0 Å². The van der Waals surface area contributed by atoms with E-state index in [9.17, 15) is 24.1 Å². The molecule has 1 aromatic carbocycles. The predicted molar refractivity (Wildman–Crippen MR) is 132 cm³/mol. The number of ether oxygens (including phenoxy) is 2. The number of H-pyrrole nitrogens is 1. The van der Waals surface area contributed by atoms with Gasteiger partial charge in [0.05, 0.1) is 27.5 Å². The summed E-state index contributed by atoms with van der Waals surface area (Å²) >= 11 is 6.42. The van der Waals surface area contributed by atoms with E-state index in [2.05, 4.69) is 10.9 Å². The number of nitrogens with one attached hydrogen (secondary N) is 1. The monoisotopic (exact) mass is 557 g/mol. The molecule has 1 fully saturated rings. The van der Waals surface area contributed by atoms with Crippen molar-refractivity contribution in [1.82, 2.24) is 14.5 Å². The van der Waals surface area contributed by atoms with E-state index in [4.69, 9.17) is 39.3 Å². The molecular formula is C23H27ClN3O9P. The Hall–Kier alpha value is -2.94. The number of halogens is 1. The van der Waals surface area contributed by atoms with Crippen molar-refractivity contribution in [3.63, 3.8) is 0 Å². The number of para-hydroxylation sites is 1. The van der Waals surface area contributed by atoms with Crippen molar-refractivity contribution < 1.29 is 35.7 Å². The first-order valence-corrected chi connectivity index (χ1v) is 13.1. The van der Waals surface area contributed by atoms with E-state index in [1.807, 2.05) is 4.98 Å². The van der Waals surface area contributed by atoms with Gasteiger partial charge in [0, 0.05) is 0 Å². The van der Waals surface area contributed by atoms with Crippen molar-refractivity contribution in [1.29, 1.82) is 0 Å². The smallest absolute Gasteiger partial charge is 0.380 e. The molecule has 0 saturated carbocycles. The normalized spacial score (nSPS) is 26.9. The summed E-state index contributed by atoms with van der Waals surface area (Å²) in [4.78, 5) is 39.2. The van der Waals surface area contributed by atoms with E-state index in [1.54, 1.807) is 32.0 Å². The quantitative estimate of drug-likeness (QED) is 0.190. The number of terminal acetylenes is 1. The van der Waals surface area contributed by atoms with Crippen molar-refractivity contribution in [2.24, 2.45) is 5.92 Å². The van der Waals surface area contributed by atoms with Crippen LogP contribution in [-0.4, -0.2) is 61.5 Å². The first-order valence-electron chi connectivity index (χ1n) is 12.0. The zero-order valence-electron chi connectivity index (χ0n) is 22.1. The Morgan fingerprint density at radius 3 is 2.68 bits per heavy atom. The Bertz CT molecular complexity index is 1400.